The molecule has 2 aromatic carbocycles. The van der Waals surface area contributed by atoms with E-state index in [1.807, 2.05) is 48.2 Å². The Morgan fingerprint density at radius 1 is 1.03 bits per heavy atom. The third-order valence-electron chi connectivity index (χ3n) is 5.13. The number of halogens is 3. The Bertz CT molecular complexity index is 921. The molecule has 8 heteroatoms. The molecule has 0 aliphatic rings. The van der Waals surface area contributed by atoms with Crippen LogP contribution in [0.1, 0.15) is 45.2 Å². The van der Waals surface area contributed by atoms with Gasteiger partial charge in [0, 0.05) is 12.3 Å². The predicted octanol–water partition coefficient (Wildman–Crippen LogP) is 7.39. The van der Waals surface area contributed by atoms with E-state index in [2.05, 4.69) is 20.8 Å². The summed E-state index contributed by atoms with van der Waals surface area (Å²) < 4.78 is 16.7. The number of carbonyl (C=O) groups excluding carboxylic acids is 1. The molecule has 33 heavy (non-hydrogen) atoms. The summed E-state index contributed by atoms with van der Waals surface area (Å²) in [5.41, 5.74) is 1.71. The van der Waals surface area contributed by atoms with Crippen molar-refractivity contribution in [2.45, 2.75) is 45.6 Å². The van der Waals surface area contributed by atoms with E-state index in [1.54, 1.807) is 0 Å². The molecule has 182 valence electrons. The number of benzene rings is 2. The Labute approximate surface area is 216 Å². The summed E-state index contributed by atoms with van der Waals surface area (Å²) in [4.78, 5) is 11.1. The van der Waals surface area contributed by atoms with Crippen molar-refractivity contribution in [3.05, 3.63) is 57.6 Å². The molecule has 0 spiro atoms. The quantitative estimate of drug-likeness (QED) is 0.153. The molecule has 0 aliphatic carbocycles. The highest BCUT2D eigenvalue weighted by Gasteiger charge is 2.25. The average molecular weight is 534 g/mol. The van der Waals surface area contributed by atoms with Crippen LogP contribution in [0.15, 0.2) is 36.4 Å². The maximum atomic E-state index is 11.1. The molecule has 0 saturated heterocycles. The third kappa shape index (κ3) is 8.47. The summed E-state index contributed by atoms with van der Waals surface area (Å²) in [7, 11) is 0. The van der Waals surface area contributed by atoms with Gasteiger partial charge in [-0.15, -0.1) is 11.6 Å². The summed E-state index contributed by atoms with van der Waals surface area (Å²) in [5.74, 6) is 3.13. The lowest BCUT2D eigenvalue weighted by Gasteiger charge is -2.27. The summed E-state index contributed by atoms with van der Waals surface area (Å²) in [6.45, 7) is 8.48. The zero-order chi connectivity index (χ0) is 24.4. The minimum atomic E-state index is -0.537. The zero-order valence-electron chi connectivity index (χ0n) is 19.5. The Morgan fingerprint density at radius 2 is 1.61 bits per heavy atom. The number of hydrogen-bond acceptors (Lipinski definition) is 5. The van der Waals surface area contributed by atoms with Crippen molar-refractivity contribution in [1.29, 1.82) is 0 Å². The molecule has 0 saturated carbocycles. The summed E-state index contributed by atoms with van der Waals surface area (Å²) >= 11 is 20.7. The lowest BCUT2D eigenvalue weighted by molar-refractivity contribution is -0.146. The number of esters is 1. The van der Waals surface area contributed by atoms with Gasteiger partial charge in [-0.2, -0.15) is 11.8 Å². The van der Waals surface area contributed by atoms with E-state index in [9.17, 15) is 4.79 Å². The molecule has 0 amide bonds. The molecule has 1 unspecified atom stereocenters. The van der Waals surface area contributed by atoms with Crippen LogP contribution < -0.4 is 9.47 Å². The Hall–Kier alpha value is -1.27. The number of ether oxygens (including phenoxy) is 3. The molecule has 2 rings (SSSR count). The van der Waals surface area contributed by atoms with E-state index in [4.69, 9.17) is 49.0 Å². The lowest BCUT2D eigenvalue weighted by Crippen LogP contribution is -2.25. The fourth-order valence-electron chi connectivity index (χ4n) is 3.19. The molecule has 0 bridgehead atoms. The smallest absolute Gasteiger partial charge is 0.303 e. The highest BCUT2D eigenvalue weighted by atomic mass is 35.5. The summed E-state index contributed by atoms with van der Waals surface area (Å²) in [6, 6.07) is 11.6. The van der Waals surface area contributed by atoms with Crippen LogP contribution in [0.25, 0.3) is 0 Å². The summed E-state index contributed by atoms with van der Waals surface area (Å²) in [6.07, 6.45) is 0.450. The van der Waals surface area contributed by atoms with Crippen LogP contribution in [0, 0.1) is 0 Å². The van der Waals surface area contributed by atoms with Crippen LogP contribution >= 0.6 is 46.6 Å². The maximum Gasteiger partial charge on any atom is 0.303 e. The van der Waals surface area contributed by atoms with E-state index in [0.29, 0.717) is 28.2 Å². The molecule has 4 nitrogen and oxygen atoms in total. The van der Waals surface area contributed by atoms with Gasteiger partial charge in [0.2, 0.25) is 0 Å². The average Bonchev–Trinajstić information content (AvgIpc) is 2.77. The molecule has 1 atom stereocenters. The van der Waals surface area contributed by atoms with Gasteiger partial charge in [-0.25, -0.2) is 0 Å². The second-order valence-corrected chi connectivity index (χ2v) is 10.5. The number of thioether (sulfide) groups is 1. The van der Waals surface area contributed by atoms with Crippen LogP contribution in [0.5, 0.6) is 11.5 Å². The molecular formula is C25H31Cl3O4S. The van der Waals surface area contributed by atoms with E-state index in [-0.39, 0.29) is 17.9 Å². The van der Waals surface area contributed by atoms with Crippen molar-refractivity contribution in [3.63, 3.8) is 0 Å². The monoisotopic (exact) mass is 532 g/mol. The number of hydrogen-bond donors (Lipinski definition) is 0. The lowest BCUT2D eigenvalue weighted by atomic mass is 9.78. The van der Waals surface area contributed by atoms with Gasteiger partial charge in [0.05, 0.1) is 22.5 Å². The number of carbonyl (C=O) groups is 1. The first-order chi connectivity index (χ1) is 15.7. The van der Waals surface area contributed by atoms with Gasteiger partial charge in [0.1, 0.15) is 24.2 Å². The van der Waals surface area contributed by atoms with E-state index in [0.717, 1.165) is 29.1 Å². The van der Waals surface area contributed by atoms with Crippen LogP contribution in [0.3, 0.4) is 0 Å². The van der Waals surface area contributed by atoms with Gasteiger partial charge < -0.3 is 14.2 Å². The van der Waals surface area contributed by atoms with E-state index >= 15 is 0 Å². The van der Waals surface area contributed by atoms with Gasteiger partial charge in [-0.1, -0.05) is 56.1 Å². The van der Waals surface area contributed by atoms with Gasteiger partial charge in [0.25, 0.3) is 0 Å². The van der Waals surface area contributed by atoms with E-state index in [1.165, 1.54) is 6.92 Å². The molecule has 2 aromatic rings. The third-order valence-corrected chi connectivity index (χ3v) is 7.05. The normalized spacial score (nSPS) is 12.3. The van der Waals surface area contributed by atoms with E-state index < -0.39 is 12.1 Å². The predicted molar refractivity (Wildman–Crippen MR) is 140 cm³/mol. The standard InChI is InChI=1S/C25H31Cl3O4S/c1-5-33-12-6-11-30-23-9-7-18(13-21(23)27)25(3,4)19-8-10-24(22(28)14-19)31-16-20(15-26)32-17(2)29/h7-10,13-14,20H,5-6,11-12,15-16H2,1-4H3. The van der Waals surface area contributed by atoms with Gasteiger partial charge in [0.15, 0.2) is 0 Å². The summed E-state index contributed by atoms with van der Waals surface area (Å²) in [5, 5.41) is 1.06. The molecule has 0 aromatic heterocycles. The molecular weight excluding hydrogens is 503 g/mol. The molecule has 0 radical (unpaired) electrons. The Balaban J connectivity index is 2.08. The topological polar surface area (TPSA) is 44.8 Å². The van der Waals surface area contributed by atoms with Crippen LogP contribution in [-0.2, 0) is 14.9 Å². The fraction of sp³-hybridized carbons (Fsp3) is 0.480. The zero-order valence-corrected chi connectivity index (χ0v) is 22.5. The Morgan fingerprint density at radius 3 is 2.09 bits per heavy atom. The van der Waals surface area contributed by atoms with Crippen molar-refractivity contribution < 1.29 is 19.0 Å². The maximum absolute atomic E-state index is 11.1. The highest BCUT2D eigenvalue weighted by molar-refractivity contribution is 7.99. The van der Waals surface area contributed by atoms with Crippen molar-refractivity contribution in [2.24, 2.45) is 0 Å². The first-order valence-corrected chi connectivity index (χ1v) is 13.3. The minimum absolute atomic E-state index is 0.125. The van der Waals surface area contributed by atoms with Crippen molar-refractivity contribution >= 4 is 52.5 Å². The van der Waals surface area contributed by atoms with Gasteiger partial charge in [-0.05, 0) is 53.3 Å². The van der Waals surface area contributed by atoms with Crippen LogP contribution in [-0.4, -0.2) is 42.7 Å². The minimum Gasteiger partial charge on any atom is -0.492 e. The van der Waals surface area contributed by atoms with Crippen LogP contribution in [0.4, 0.5) is 0 Å². The first-order valence-electron chi connectivity index (χ1n) is 10.9. The largest absolute Gasteiger partial charge is 0.492 e. The SMILES string of the molecule is CCSCCCOc1ccc(C(C)(C)c2ccc(OCC(CCl)OC(C)=O)c(Cl)c2)cc1Cl. The fourth-order valence-corrected chi connectivity index (χ4v) is 4.43. The first kappa shape index (κ1) is 28.0. The molecule has 0 heterocycles. The second-order valence-electron chi connectivity index (χ2n) is 8.01. The molecule has 0 N–H and O–H groups in total. The van der Waals surface area contributed by atoms with Crippen molar-refractivity contribution in [3.8, 4) is 11.5 Å². The molecule has 0 aliphatic heterocycles. The number of rotatable bonds is 13. The van der Waals surface area contributed by atoms with Crippen LogP contribution in [0.2, 0.25) is 10.0 Å². The Kier molecular flexibility index (Phi) is 11.5. The molecule has 0 fully saturated rings. The van der Waals surface area contributed by atoms with Crippen molar-refractivity contribution in [2.75, 3.05) is 30.6 Å². The highest BCUT2D eigenvalue weighted by Crippen LogP contribution is 2.38. The van der Waals surface area contributed by atoms with Gasteiger partial charge in [-0.3, -0.25) is 4.79 Å². The second kappa shape index (κ2) is 13.6. The van der Waals surface area contributed by atoms with Crippen molar-refractivity contribution in [1.82, 2.24) is 0 Å². The number of alkyl halides is 1. The van der Waals surface area contributed by atoms with Gasteiger partial charge >= 0.3 is 5.97 Å².